The van der Waals surface area contributed by atoms with Crippen molar-refractivity contribution in [1.82, 2.24) is 5.32 Å². The van der Waals surface area contributed by atoms with E-state index in [1.54, 1.807) is 36.4 Å². The SMILES string of the molecule is O=C(O)C(=O)Nc1ccc(N/C=C2\C(=O)NC(=O)c3ccccc32)cc1. The summed E-state index contributed by atoms with van der Waals surface area (Å²) in [6.07, 6.45) is 1.48. The summed E-state index contributed by atoms with van der Waals surface area (Å²) in [5.41, 5.74) is 2.17. The molecule has 0 saturated carbocycles. The van der Waals surface area contributed by atoms with Crippen LogP contribution in [-0.2, 0) is 14.4 Å². The van der Waals surface area contributed by atoms with E-state index in [1.165, 1.54) is 18.3 Å². The maximum atomic E-state index is 12.1. The Morgan fingerprint density at radius 2 is 1.50 bits per heavy atom. The van der Waals surface area contributed by atoms with Gasteiger partial charge in [-0.05, 0) is 30.3 Å². The number of amides is 3. The molecule has 2 aromatic carbocycles. The summed E-state index contributed by atoms with van der Waals surface area (Å²) >= 11 is 0. The zero-order valence-electron chi connectivity index (χ0n) is 13.3. The molecule has 8 heteroatoms. The molecule has 0 aromatic heterocycles. The smallest absolute Gasteiger partial charge is 0.394 e. The summed E-state index contributed by atoms with van der Waals surface area (Å²) in [7, 11) is 0. The topological polar surface area (TPSA) is 125 Å². The van der Waals surface area contributed by atoms with E-state index in [0.29, 0.717) is 28.1 Å². The lowest BCUT2D eigenvalue weighted by Crippen LogP contribution is -2.36. The average molecular weight is 351 g/mol. The highest BCUT2D eigenvalue weighted by molar-refractivity contribution is 6.36. The molecule has 1 aliphatic heterocycles. The van der Waals surface area contributed by atoms with Gasteiger partial charge in [-0.2, -0.15) is 0 Å². The van der Waals surface area contributed by atoms with Crippen LogP contribution in [0.3, 0.4) is 0 Å². The second kappa shape index (κ2) is 6.89. The lowest BCUT2D eigenvalue weighted by molar-refractivity contribution is -0.147. The molecule has 8 nitrogen and oxygen atoms in total. The van der Waals surface area contributed by atoms with Crippen LogP contribution in [0.4, 0.5) is 11.4 Å². The maximum absolute atomic E-state index is 12.1. The van der Waals surface area contributed by atoms with Crippen molar-refractivity contribution < 1.29 is 24.3 Å². The largest absolute Gasteiger partial charge is 0.474 e. The number of hydrogen-bond acceptors (Lipinski definition) is 5. The molecule has 0 radical (unpaired) electrons. The second-order valence-corrected chi connectivity index (χ2v) is 5.37. The van der Waals surface area contributed by atoms with Crippen LogP contribution >= 0.6 is 0 Å². The number of carbonyl (C=O) groups is 4. The monoisotopic (exact) mass is 351 g/mol. The van der Waals surface area contributed by atoms with Gasteiger partial charge in [0.25, 0.3) is 11.8 Å². The molecule has 0 fully saturated rings. The normalized spacial score (nSPS) is 14.4. The number of carbonyl (C=O) groups excluding carboxylic acids is 3. The summed E-state index contributed by atoms with van der Waals surface area (Å²) in [5.74, 6) is -3.66. The summed E-state index contributed by atoms with van der Waals surface area (Å²) in [6.45, 7) is 0. The highest BCUT2D eigenvalue weighted by atomic mass is 16.4. The third kappa shape index (κ3) is 3.44. The van der Waals surface area contributed by atoms with Crippen molar-refractivity contribution in [3.63, 3.8) is 0 Å². The number of rotatable bonds is 3. The Kier molecular flexibility index (Phi) is 4.48. The summed E-state index contributed by atoms with van der Waals surface area (Å²) < 4.78 is 0. The fourth-order valence-electron chi connectivity index (χ4n) is 2.41. The lowest BCUT2D eigenvalue weighted by atomic mass is 9.96. The van der Waals surface area contributed by atoms with Gasteiger partial charge in [-0.1, -0.05) is 18.2 Å². The third-order valence-electron chi connectivity index (χ3n) is 3.65. The van der Waals surface area contributed by atoms with Crippen LogP contribution < -0.4 is 16.0 Å². The van der Waals surface area contributed by atoms with Crippen molar-refractivity contribution in [2.24, 2.45) is 0 Å². The molecule has 1 heterocycles. The standard InChI is InChI=1S/C18H13N3O5/c22-15-13-4-2-1-3-12(13)14(16(23)21-15)9-19-10-5-7-11(8-6-10)20-17(24)18(25)26/h1-9,19H,(H,20,24)(H,25,26)(H,21,22,23)/b14-9-. The Morgan fingerprint density at radius 1 is 0.885 bits per heavy atom. The van der Waals surface area contributed by atoms with Crippen LogP contribution in [0.2, 0.25) is 0 Å². The van der Waals surface area contributed by atoms with Gasteiger partial charge in [-0.15, -0.1) is 0 Å². The van der Waals surface area contributed by atoms with Crippen LogP contribution in [-0.4, -0.2) is 28.8 Å². The molecule has 130 valence electrons. The molecule has 1 aliphatic rings. The Balaban J connectivity index is 1.78. The van der Waals surface area contributed by atoms with Crippen molar-refractivity contribution in [2.75, 3.05) is 10.6 Å². The third-order valence-corrected chi connectivity index (χ3v) is 3.65. The zero-order chi connectivity index (χ0) is 18.7. The van der Waals surface area contributed by atoms with Crippen LogP contribution in [0.15, 0.2) is 54.7 Å². The highest BCUT2D eigenvalue weighted by Gasteiger charge is 2.26. The number of carboxylic acids is 1. The second-order valence-electron chi connectivity index (χ2n) is 5.37. The quantitative estimate of drug-likeness (QED) is 0.377. The summed E-state index contributed by atoms with van der Waals surface area (Å²) in [6, 6.07) is 13.0. The number of aliphatic carboxylic acids is 1. The van der Waals surface area contributed by atoms with Gasteiger partial charge in [0, 0.05) is 28.7 Å². The fraction of sp³-hybridized carbons (Fsp3) is 0. The van der Waals surface area contributed by atoms with Crippen LogP contribution in [0.1, 0.15) is 15.9 Å². The highest BCUT2D eigenvalue weighted by Crippen LogP contribution is 2.24. The minimum absolute atomic E-state index is 0.309. The average Bonchev–Trinajstić information content (AvgIpc) is 2.62. The molecule has 0 atom stereocenters. The predicted molar refractivity (Wildman–Crippen MR) is 93.2 cm³/mol. The first-order chi connectivity index (χ1) is 12.5. The van der Waals surface area contributed by atoms with E-state index in [2.05, 4.69) is 16.0 Å². The number of nitrogens with one attached hydrogen (secondary N) is 3. The lowest BCUT2D eigenvalue weighted by Gasteiger charge is -2.18. The van der Waals surface area contributed by atoms with E-state index in [9.17, 15) is 19.2 Å². The Bertz CT molecular complexity index is 948. The van der Waals surface area contributed by atoms with E-state index in [0.717, 1.165) is 0 Å². The van der Waals surface area contributed by atoms with Gasteiger partial charge in [-0.3, -0.25) is 19.7 Å². The van der Waals surface area contributed by atoms with Crippen LogP contribution in [0.5, 0.6) is 0 Å². The predicted octanol–water partition coefficient (Wildman–Crippen LogP) is 1.43. The molecule has 0 saturated heterocycles. The van der Waals surface area contributed by atoms with Gasteiger partial charge in [-0.25, -0.2) is 4.79 Å². The minimum Gasteiger partial charge on any atom is -0.474 e. The molecule has 0 bridgehead atoms. The van der Waals surface area contributed by atoms with E-state index in [4.69, 9.17) is 5.11 Å². The number of benzene rings is 2. The van der Waals surface area contributed by atoms with Crippen LogP contribution in [0, 0.1) is 0 Å². The van der Waals surface area contributed by atoms with E-state index < -0.39 is 23.7 Å². The molecule has 3 amide bonds. The van der Waals surface area contributed by atoms with Gasteiger partial charge in [0.1, 0.15) is 0 Å². The minimum atomic E-state index is -1.58. The molecular formula is C18H13N3O5. The number of hydrogen-bond donors (Lipinski definition) is 4. The summed E-state index contributed by atoms with van der Waals surface area (Å²) in [5, 5.41) is 16.0. The number of imide groups is 1. The first kappa shape index (κ1) is 16.9. The van der Waals surface area contributed by atoms with Crippen molar-refractivity contribution in [3.05, 3.63) is 65.9 Å². The molecule has 2 aromatic rings. The van der Waals surface area contributed by atoms with Crippen molar-refractivity contribution in [1.29, 1.82) is 0 Å². The molecule has 0 spiro atoms. The van der Waals surface area contributed by atoms with Gasteiger partial charge < -0.3 is 15.7 Å². The Morgan fingerprint density at radius 3 is 2.15 bits per heavy atom. The van der Waals surface area contributed by atoms with E-state index in [-0.39, 0.29) is 0 Å². The molecule has 26 heavy (non-hydrogen) atoms. The molecule has 3 rings (SSSR count). The van der Waals surface area contributed by atoms with Gasteiger partial charge in [0.05, 0.1) is 5.57 Å². The first-order valence-corrected chi connectivity index (χ1v) is 7.52. The number of carboxylic acid groups (broad SMARTS) is 1. The van der Waals surface area contributed by atoms with Gasteiger partial charge in [0.15, 0.2) is 0 Å². The molecule has 0 unspecified atom stereocenters. The molecule has 4 N–H and O–H groups in total. The number of fused-ring (bicyclic) bond motifs is 1. The van der Waals surface area contributed by atoms with Gasteiger partial charge >= 0.3 is 11.9 Å². The Labute approximate surface area is 147 Å². The van der Waals surface area contributed by atoms with Gasteiger partial charge in [0.2, 0.25) is 0 Å². The molecular weight excluding hydrogens is 338 g/mol. The van der Waals surface area contributed by atoms with E-state index in [1.807, 2.05) is 0 Å². The number of anilines is 2. The van der Waals surface area contributed by atoms with Crippen molar-refractivity contribution in [2.45, 2.75) is 0 Å². The van der Waals surface area contributed by atoms with E-state index >= 15 is 0 Å². The van der Waals surface area contributed by atoms with Crippen LogP contribution in [0.25, 0.3) is 5.57 Å². The zero-order valence-corrected chi connectivity index (χ0v) is 13.3. The molecule has 0 aliphatic carbocycles. The first-order valence-electron chi connectivity index (χ1n) is 7.52. The maximum Gasteiger partial charge on any atom is 0.394 e. The van der Waals surface area contributed by atoms with Crippen molar-refractivity contribution >= 4 is 40.6 Å². The fourth-order valence-corrected chi connectivity index (χ4v) is 2.41. The summed E-state index contributed by atoms with van der Waals surface area (Å²) in [4.78, 5) is 45.5. The van der Waals surface area contributed by atoms with Crippen molar-refractivity contribution in [3.8, 4) is 0 Å². The Hall–Kier alpha value is -3.94.